The predicted molar refractivity (Wildman–Crippen MR) is 47.8 cm³/mol. The normalized spacial score (nSPS) is 12.4. The summed E-state index contributed by atoms with van der Waals surface area (Å²) >= 11 is 0. The van der Waals surface area contributed by atoms with Gasteiger partial charge in [-0.05, 0) is 11.8 Å². The molecule has 1 heterocycles. The summed E-state index contributed by atoms with van der Waals surface area (Å²) in [6.45, 7) is 3.16. The number of hydrogen-bond acceptors (Lipinski definition) is 5. The third kappa shape index (κ3) is 2.52. The van der Waals surface area contributed by atoms with Crippen LogP contribution in [0.2, 0.25) is 0 Å². The highest BCUT2D eigenvalue weighted by molar-refractivity contribution is 5.66. The van der Waals surface area contributed by atoms with E-state index in [1.165, 1.54) is 17.7 Å². The molecular weight excluding hydrogens is 202 g/mol. The van der Waals surface area contributed by atoms with E-state index in [9.17, 15) is 20.0 Å². The van der Waals surface area contributed by atoms with Gasteiger partial charge in [-0.25, -0.2) is 0 Å². The SMILES string of the molecule is Cc1cc([N+](=O)[O-])nn1C[C@@H](C)C(=O)[O-]. The number of carbonyl (C=O) groups is 1. The summed E-state index contributed by atoms with van der Waals surface area (Å²) in [5.74, 6) is -2.21. The molecule has 0 aliphatic carbocycles. The predicted octanol–water partition coefficient (Wildman–Crippen LogP) is -0.514. The highest BCUT2D eigenvalue weighted by Gasteiger charge is 2.17. The highest BCUT2D eigenvalue weighted by atomic mass is 16.6. The molecule has 0 radical (unpaired) electrons. The molecule has 0 saturated carbocycles. The van der Waals surface area contributed by atoms with Crippen LogP contribution in [0, 0.1) is 23.0 Å². The van der Waals surface area contributed by atoms with Crippen LogP contribution in [0.5, 0.6) is 0 Å². The summed E-state index contributed by atoms with van der Waals surface area (Å²) in [6, 6.07) is 1.29. The smallest absolute Gasteiger partial charge is 0.390 e. The van der Waals surface area contributed by atoms with Crippen molar-refractivity contribution in [1.29, 1.82) is 0 Å². The van der Waals surface area contributed by atoms with Crippen LogP contribution >= 0.6 is 0 Å². The van der Waals surface area contributed by atoms with Crippen molar-refractivity contribution in [1.82, 2.24) is 9.78 Å². The Morgan fingerprint density at radius 1 is 1.73 bits per heavy atom. The van der Waals surface area contributed by atoms with Gasteiger partial charge in [0.05, 0.1) is 23.4 Å². The first-order valence-electron chi connectivity index (χ1n) is 4.31. The van der Waals surface area contributed by atoms with Gasteiger partial charge in [-0.1, -0.05) is 6.92 Å². The van der Waals surface area contributed by atoms with E-state index in [-0.39, 0.29) is 12.4 Å². The molecule has 82 valence electrons. The lowest BCUT2D eigenvalue weighted by Gasteiger charge is -2.10. The van der Waals surface area contributed by atoms with Gasteiger partial charge in [-0.2, -0.15) is 4.68 Å². The maximum absolute atomic E-state index is 10.5. The Balaban J connectivity index is 2.86. The van der Waals surface area contributed by atoms with Crippen LogP contribution in [0.3, 0.4) is 0 Å². The molecule has 15 heavy (non-hydrogen) atoms. The second kappa shape index (κ2) is 4.07. The minimum absolute atomic E-state index is 0.0714. The number of aryl methyl sites for hydroxylation is 1. The van der Waals surface area contributed by atoms with Crippen LogP contribution in [0.4, 0.5) is 5.82 Å². The van der Waals surface area contributed by atoms with Crippen molar-refractivity contribution in [3.63, 3.8) is 0 Å². The van der Waals surface area contributed by atoms with Gasteiger partial charge in [0.2, 0.25) is 0 Å². The molecule has 1 atom stereocenters. The highest BCUT2D eigenvalue weighted by Crippen LogP contribution is 2.12. The molecule has 7 nitrogen and oxygen atoms in total. The quantitative estimate of drug-likeness (QED) is 0.494. The number of hydrogen-bond donors (Lipinski definition) is 0. The Morgan fingerprint density at radius 2 is 2.33 bits per heavy atom. The van der Waals surface area contributed by atoms with Crippen molar-refractivity contribution in [2.45, 2.75) is 20.4 Å². The van der Waals surface area contributed by atoms with E-state index < -0.39 is 16.8 Å². The largest absolute Gasteiger partial charge is 0.550 e. The maximum Gasteiger partial charge on any atom is 0.390 e. The van der Waals surface area contributed by atoms with Crippen LogP contribution in [0.1, 0.15) is 12.6 Å². The first-order chi connectivity index (χ1) is 6.91. The fourth-order valence-electron chi connectivity index (χ4n) is 1.10. The summed E-state index contributed by atoms with van der Waals surface area (Å²) < 4.78 is 1.29. The second-order valence-electron chi connectivity index (χ2n) is 3.30. The minimum atomic E-state index is -1.20. The Bertz CT molecular complexity index is 399. The van der Waals surface area contributed by atoms with Crippen molar-refractivity contribution < 1.29 is 14.8 Å². The van der Waals surface area contributed by atoms with E-state index >= 15 is 0 Å². The molecule has 0 N–H and O–H groups in total. The first kappa shape index (κ1) is 11.2. The van der Waals surface area contributed by atoms with Crippen molar-refractivity contribution >= 4 is 11.8 Å². The minimum Gasteiger partial charge on any atom is -0.550 e. The van der Waals surface area contributed by atoms with Crippen molar-refractivity contribution in [3.8, 4) is 0 Å². The maximum atomic E-state index is 10.5. The number of nitro groups is 1. The molecule has 0 saturated heterocycles. The van der Waals surface area contributed by atoms with Gasteiger partial charge < -0.3 is 20.0 Å². The fourth-order valence-corrected chi connectivity index (χ4v) is 1.10. The number of nitrogens with zero attached hydrogens (tertiary/aromatic N) is 3. The van der Waals surface area contributed by atoms with Crippen molar-refractivity contribution in [3.05, 3.63) is 21.9 Å². The summed E-state index contributed by atoms with van der Waals surface area (Å²) in [5.41, 5.74) is 0.551. The van der Waals surface area contributed by atoms with Gasteiger partial charge in [0, 0.05) is 11.9 Å². The van der Waals surface area contributed by atoms with Crippen LogP contribution in [-0.4, -0.2) is 20.7 Å². The van der Waals surface area contributed by atoms with Crippen LogP contribution < -0.4 is 5.11 Å². The van der Waals surface area contributed by atoms with E-state index in [0.29, 0.717) is 5.69 Å². The number of carbonyl (C=O) groups excluding carboxylic acids is 1. The van der Waals surface area contributed by atoms with Gasteiger partial charge >= 0.3 is 5.82 Å². The average molecular weight is 212 g/mol. The molecule has 0 aliphatic rings. The lowest BCUT2D eigenvalue weighted by molar-refractivity contribution is -0.389. The molecule has 7 heteroatoms. The van der Waals surface area contributed by atoms with E-state index in [1.54, 1.807) is 6.92 Å². The summed E-state index contributed by atoms with van der Waals surface area (Å²) in [6.07, 6.45) is 0. The Labute approximate surface area is 85.5 Å². The topological polar surface area (TPSA) is 101 Å². The molecular formula is C8H10N3O4-. The summed E-state index contributed by atoms with van der Waals surface area (Å²) in [7, 11) is 0. The zero-order valence-electron chi connectivity index (χ0n) is 8.34. The summed E-state index contributed by atoms with van der Waals surface area (Å²) in [4.78, 5) is 20.2. The van der Waals surface area contributed by atoms with Gasteiger partial charge in [0.15, 0.2) is 0 Å². The molecule has 1 aromatic rings. The Kier molecular flexibility index (Phi) is 3.03. The molecule has 0 fully saturated rings. The molecule has 0 amide bonds. The third-order valence-corrected chi connectivity index (χ3v) is 2.00. The van der Waals surface area contributed by atoms with Crippen molar-refractivity contribution in [2.24, 2.45) is 5.92 Å². The average Bonchev–Trinajstić information content (AvgIpc) is 2.47. The van der Waals surface area contributed by atoms with Gasteiger partial charge in [-0.3, -0.25) is 0 Å². The molecule has 0 aliphatic heterocycles. The molecule has 1 rings (SSSR count). The Morgan fingerprint density at radius 3 is 2.73 bits per heavy atom. The number of aromatic nitrogens is 2. The van der Waals surface area contributed by atoms with Gasteiger partial charge in [-0.15, -0.1) is 0 Å². The number of carboxylic acids is 1. The number of rotatable bonds is 4. The van der Waals surface area contributed by atoms with Crippen LogP contribution in [0.15, 0.2) is 6.07 Å². The first-order valence-corrected chi connectivity index (χ1v) is 4.31. The molecule has 1 aromatic heterocycles. The van der Waals surface area contributed by atoms with Crippen LogP contribution in [-0.2, 0) is 11.3 Å². The van der Waals surface area contributed by atoms with Crippen LogP contribution in [0.25, 0.3) is 0 Å². The van der Waals surface area contributed by atoms with Gasteiger partial charge in [0.25, 0.3) is 0 Å². The fraction of sp³-hybridized carbons (Fsp3) is 0.500. The number of carboxylic acid groups (broad SMARTS) is 1. The zero-order chi connectivity index (χ0) is 11.6. The lowest BCUT2D eigenvalue weighted by atomic mass is 10.2. The third-order valence-electron chi connectivity index (χ3n) is 2.00. The van der Waals surface area contributed by atoms with E-state index in [2.05, 4.69) is 5.10 Å². The summed E-state index contributed by atoms with van der Waals surface area (Å²) in [5, 5.41) is 24.5. The van der Waals surface area contributed by atoms with E-state index in [4.69, 9.17) is 0 Å². The zero-order valence-corrected chi connectivity index (χ0v) is 8.34. The lowest BCUT2D eigenvalue weighted by Crippen LogP contribution is -2.32. The Hall–Kier alpha value is -1.92. The van der Waals surface area contributed by atoms with Crippen molar-refractivity contribution in [2.75, 3.05) is 0 Å². The van der Waals surface area contributed by atoms with Gasteiger partial charge in [0.1, 0.15) is 0 Å². The standard InChI is InChI=1S/C8H11N3O4/c1-5(8(12)13)4-10-6(2)3-7(9-10)11(14)15/h3,5H,4H2,1-2H3,(H,12,13)/p-1/t5-/m1/s1. The molecule has 0 aromatic carbocycles. The second-order valence-corrected chi connectivity index (χ2v) is 3.30. The number of aliphatic carboxylic acids is 1. The monoisotopic (exact) mass is 212 g/mol. The van der Waals surface area contributed by atoms with E-state index in [0.717, 1.165) is 0 Å². The molecule has 0 spiro atoms. The molecule has 0 bridgehead atoms. The molecule has 0 unspecified atom stereocenters. The van der Waals surface area contributed by atoms with E-state index in [1.807, 2.05) is 0 Å².